The molecule has 2 aliphatic rings. The summed E-state index contributed by atoms with van der Waals surface area (Å²) in [6.07, 6.45) is 8.33. The minimum absolute atomic E-state index is 0.327. The van der Waals surface area contributed by atoms with Gasteiger partial charge in [-0.25, -0.2) is 9.59 Å². The molecule has 0 bridgehead atoms. The average molecular weight is 487 g/mol. The van der Waals surface area contributed by atoms with Crippen molar-refractivity contribution in [1.29, 1.82) is 0 Å². The van der Waals surface area contributed by atoms with E-state index in [2.05, 4.69) is 20.6 Å². The lowest BCUT2D eigenvalue weighted by Crippen LogP contribution is -2.26. The van der Waals surface area contributed by atoms with Gasteiger partial charge in [-0.15, -0.1) is 0 Å². The van der Waals surface area contributed by atoms with E-state index in [0.29, 0.717) is 23.3 Å². The number of nitrogens with one attached hydrogen (secondary N) is 4. The van der Waals surface area contributed by atoms with Crippen LogP contribution in [-0.4, -0.2) is 48.1 Å². The lowest BCUT2D eigenvalue weighted by atomic mass is 9.90. The molecule has 2 saturated heterocycles. The number of carbonyl (C=O) groups is 2. The molecule has 4 aromatic rings. The summed E-state index contributed by atoms with van der Waals surface area (Å²) < 4.78 is 10.8. The molecule has 0 spiro atoms. The number of hydrogen-bond acceptors (Lipinski definition) is 6. The van der Waals surface area contributed by atoms with E-state index in [-0.39, 0.29) is 0 Å². The normalized spacial score (nSPS) is 17.4. The molecule has 36 heavy (non-hydrogen) atoms. The zero-order chi connectivity index (χ0) is 24.5. The number of ether oxygens (including phenoxy) is 2. The molecule has 0 saturated carbocycles. The summed E-state index contributed by atoms with van der Waals surface area (Å²) in [7, 11) is 0. The molecule has 8 nitrogen and oxygen atoms in total. The Morgan fingerprint density at radius 3 is 1.47 bits per heavy atom. The van der Waals surface area contributed by atoms with Gasteiger partial charge < -0.3 is 30.1 Å². The zero-order valence-corrected chi connectivity index (χ0v) is 20.1. The molecule has 6 rings (SSSR count). The lowest BCUT2D eigenvalue weighted by molar-refractivity contribution is -0.156. The highest BCUT2D eigenvalue weighted by molar-refractivity contribution is 6.31. The molecule has 0 amide bonds. The monoisotopic (exact) mass is 486 g/mol. The van der Waals surface area contributed by atoms with E-state index < -0.39 is 11.9 Å². The molecule has 4 heterocycles. The molecule has 186 valence electrons. The molecule has 2 aromatic heterocycles. The number of rotatable bonds is 4. The van der Waals surface area contributed by atoms with Crippen LogP contribution in [0.1, 0.15) is 48.6 Å². The van der Waals surface area contributed by atoms with Crippen molar-refractivity contribution < 1.29 is 19.1 Å². The number of esters is 2. The molecule has 0 atom stereocenters. The molecule has 4 N–H and O–H groups in total. The third kappa shape index (κ3) is 4.50. The largest absolute Gasteiger partial charge is 0.423 e. The highest BCUT2D eigenvalue weighted by Gasteiger charge is 2.23. The topological polar surface area (TPSA) is 108 Å². The molecular weight excluding hydrogens is 456 g/mol. The fourth-order valence-electron chi connectivity index (χ4n) is 5.61. The summed E-state index contributed by atoms with van der Waals surface area (Å²) in [5, 5.41) is 8.81. The van der Waals surface area contributed by atoms with Crippen LogP contribution in [0.5, 0.6) is 11.5 Å². The predicted molar refractivity (Wildman–Crippen MR) is 138 cm³/mol. The van der Waals surface area contributed by atoms with Crippen molar-refractivity contribution in [3.63, 3.8) is 0 Å². The number of aromatic amines is 2. The van der Waals surface area contributed by atoms with Gasteiger partial charge in [-0.2, -0.15) is 0 Å². The molecule has 0 unspecified atom stereocenters. The third-order valence-electron chi connectivity index (χ3n) is 7.52. The standard InChI is InChI=1S/C28H30N4O4/c33-27(35-19-1-3-25-21(13-19)23(15-31-25)17-5-9-29-10-6-17)28(34)36-20-2-4-26-22(14-20)24(16-32-26)18-7-11-30-12-8-18/h1-4,13-18,29-32H,5-12H2. The van der Waals surface area contributed by atoms with Gasteiger partial charge >= 0.3 is 11.9 Å². The fourth-order valence-corrected chi connectivity index (χ4v) is 5.61. The Labute approximate surface area is 208 Å². The van der Waals surface area contributed by atoms with Crippen LogP contribution in [0.25, 0.3) is 21.8 Å². The van der Waals surface area contributed by atoms with E-state index in [0.717, 1.165) is 73.7 Å². The van der Waals surface area contributed by atoms with E-state index in [1.54, 1.807) is 12.1 Å². The highest BCUT2D eigenvalue weighted by Crippen LogP contribution is 2.34. The van der Waals surface area contributed by atoms with Gasteiger partial charge in [0.25, 0.3) is 0 Å². The minimum Gasteiger partial charge on any atom is -0.418 e. The van der Waals surface area contributed by atoms with Crippen LogP contribution in [0.3, 0.4) is 0 Å². The first kappa shape index (κ1) is 22.8. The highest BCUT2D eigenvalue weighted by atomic mass is 16.6. The fraction of sp³-hybridized carbons (Fsp3) is 0.357. The van der Waals surface area contributed by atoms with Crippen LogP contribution in [0, 0.1) is 0 Å². The van der Waals surface area contributed by atoms with Crippen LogP contribution >= 0.6 is 0 Å². The van der Waals surface area contributed by atoms with Crippen molar-refractivity contribution in [2.45, 2.75) is 37.5 Å². The van der Waals surface area contributed by atoms with Crippen LogP contribution in [0.15, 0.2) is 48.8 Å². The molecule has 0 aliphatic carbocycles. The van der Waals surface area contributed by atoms with Crippen LogP contribution in [-0.2, 0) is 9.59 Å². The Hall–Kier alpha value is -3.62. The lowest BCUT2D eigenvalue weighted by Gasteiger charge is -2.22. The maximum atomic E-state index is 12.6. The van der Waals surface area contributed by atoms with E-state index in [1.807, 2.05) is 36.7 Å². The maximum absolute atomic E-state index is 12.6. The van der Waals surface area contributed by atoms with Gasteiger partial charge in [-0.05, 0) is 111 Å². The van der Waals surface area contributed by atoms with E-state index in [4.69, 9.17) is 9.47 Å². The van der Waals surface area contributed by atoms with Gasteiger partial charge in [-0.1, -0.05) is 0 Å². The average Bonchev–Trinajstić information content (AvgIpc) is 3.53. The summed E-state index contributed by atoms with van der Waals surface area (Å²) in [4.78, 5) is 31.8. The minimum atomic E-state index is -1.04. The van der Waals surface area contributed by atoms with E-state index in [9.17, 15) is 9.59 Å². The van der Waals surface area contributed by atoms with Gasteiger partial charge in [-0.3, -0.25) is 0 Å². The van der Waals surface area contributed by atoms with Crippen molar-refractivity contribution in [2.75, 3.05) is 26.2 Å². The first-order valence-corrected chi connectivity index (χ1v) is 12.7. The van der Waals surface area contributed by atoms with E-state index >= 15 is 0 Å². The van der Waals surface area contributed by atoms with E-state index in [1.165, 1.54) is 11.1 Å². The SMILES string of the molecule is O=C(Oc1ccc2[nH]cc(C3CCNCC3)c2c1)C(=O)Oc1ccc2[nH]cc(C3CCNCC3)c2c1. The summed E-state index contributed by atoms with van der Waals surface area (Å²) in [5.74, 6) is -0.521. The smallest absolute Gasteiger partial charge is 0.418 e. The Bertz CT molecular complexity index is 1300. The maximum Gasteiger partial charge on any atom is 0.423 e. The predicted octanol–water partition coefficient (Wildman–Crippen LogP) is 4.09. The summed E-state index contributed by atoms with van der Waals surface area (Å²) in [5.41, 5.74) is 4.40. The first-order chi connectivity index (χ1) is 17.7. The number of H-pyrrole nitrogens is 2. The van der Waals surface area contributed by atoms with Crippen LogP contribution in [0.2, 0.25) is 0 Å². The molecular formula is C28H30N4O4. The van der Waals surface area contributed by atoms with Crippen molar-refractivity contribution in [3.8, 4) is 11.5 Å². The number of carbonyl (C=O) groups excluding carboxylic acids is 2. The second kappa shape index (κ2) is 9.79. The Balaban J connectivity index is 1.16. The number of hydrogen-bond donors (Lipinski definition) is 4. The Morgan fingerprint density at radius 1 is 0.639 bits per heavy atom. The Kier molecular flexibility index (Phi) is 6.21. The van der Waals surface area contributed by atoms with Crippen LogP contribution in [0.4, 0.5) is 0 Å². The van der Waals surface area contributed by atoms with Crippen LogP contribution < -0.4 is 20.1 Å². The molecule has 2 aliphatic heterocycles. The number of fused-ring (bicyclic) bond motifs is 2. The first-order valence-electron chi connectivity index (χ1n) is 12.7. The number of benzene rings is 2. The quantitative estimate of drug-likeness (QED) is 0.197. The summed E-state index contributed by atoms with van der Waals surface area (Å²) in [6, 6.07) is 10.8. The zero-order valence-electron chi connectivity index (χ0n) is 20.1. The van der Waals surface area contributed by atoms with Gasteiger partial charge in [0.2, 0.25) is 0 Å². The van der Waals surface area contributed by atoms with Crippen molar-refractivity contribution in [2.24, 2.45) is 0 Å². The number of piperidine rings is 2. The molecule has 8 heteroatoms. The molecule has 2 aromatic carbocycles. The summed E-state index contributed by atoms with van der Waals surface area (Å²) in [6.45, 7) is 3.97. The van der Waals surface area contributed by atoms with Gasteiger partial charge in [0.1, 0.15) is 11.5 Å². The van der Waals surface area contributed by atoms with Crippen molar-refractivity contribution >= 4 is 33.7 Å². The number of aromatic nitrogens is 2. The second-order valence-corrected chi connectivity index (χ2v) is 9.73. The third-order valence-corrected chi connectivity index (χ3v) is 7.52. The van der Waals surface area contributed by atoms with Crippen molar-refractivity contribution in [3.05, 3.63) is 59.9 Å². The molecule has 0 radical (unpaired) electrons. The summed E-state index contributed by atoms with van der Waals surface area (Å²) >= 11 is 0. The second-order valence-electron chi connectivity index (χ2n) is 9.73. The van der Waals surface area contributed by atoms with Gasteiger partial charge in [0, 0.05) is 34.2 Å². The Morgan fingerprint density at radius 2 is 1.06 bits per heavy atom. The van der Waals surface area contributed by atoms with Crippen molar-refractivity contribution in [1.82, 2.24) is 20.6 Å². The molecule has 2 fully saturated rings. The van der Waals surface area contributed by atoms with Gasteiger partial charge in [0.05, 0.1) is 0 Å². The van der Waals surface area contributed by atoms with Gasteiger partial charge in [0.15, 0.2) is 0 Å².